The van der Waals surface area contributed by atoms with Gasteiger partial charge in [-0.3, -0.25) is 4.79 Å². The predicted octanol–water partition coefficient (Wildman–Crippen LogP) is 4.73. The van der Waals surface area contributed by atoms with E-state index < -0.39 is 42.8 Å². The van der Waals surface area contributed by atoms with Crippen molar-refractivity contribution in [1.82, 2.24) is 15.3 Å². The van der Waals surface area contributed by atoms with Gasteiger partial charge in [-0.25, -0.2) is 18.2 Å². The Bertz CT molecular complexity index is 1030. The first-order chi connectivity index (χ1) is 15.7. The number of alkyl halides is 2. The fourth-order valence-electron chi connectivity index (χ4n) is 3.39. The van der Waals surface area contributed by atoms with E-state index in [2.05, 4.69) is 31.2 Å². The molecule has 0 saturated carbocycles. The minimum atomic E-state index is -2.59. The Morgan fingerprint density at radius 3 is 2.82 bits per heavy atom. The Morgan fingerprint density at radius 2 is 2.18 bits per heavy atom. The number of rotatable bonds is 10. The van der Waals surface area contributed by atoms with E-state index in [-0.39, 0.29) is 37.9 Å². The highest BCUT2D eigenvalue weighted by atomic mass is 79.9. The van der Waals surface area contributed by atoms with Crippen molar-refractivity contribution in [2.45, 2.75) is 56.2 Å². The average Bonchev–Trinajstić information content (AvgIpc) is 2.79. The van der Waals surface area contributed by atoms with Crippen LogP contribution in [0.5, 0.6) is 5.75 Å². The molecule has 0 radical (unpaired) electrons. The standard InChI is InChI=1S/C20H24BrClF3N3O4S/c1-9(32-12-5-3-4-6-30-12)10(26-7-11(23)24)8-31-18-13-17(16(25)14(21)15(18)22)27-20(33-2)28-19(13)29/h9-12,26H,3-8H2,1-2H3,(H,27,28,29). The molecule has 33 heavy (non-hydrogen) atoms. The van der Waals surface area contributed by atoms with Crippen LogP contribution in [0, 0.1) is 5.82 Å². The summed E-state index contributed by atoms with van der Waals surface area (Å²) in [5.41, 5.74) is -0.851. The zero-order chi connectivity index (χ0) is 24.1. The molecule has 1 aromatic carbocycles. The summed E-state index contributed by atoms with van der Waals surface area (Å²) in [6, 6.07) is -0.697. The zero-order valence-corrected chi connectivity index (χ0v) is 21.1. The molecular weight excluding hydrogens is 551 g/mol. The third-order valence-electron chi connectivity index (χ3n) is 5.12. The summed E-state index contributed by atoms with van der Waals surface area (Å²) in [4.78, 5) is 19.3. The topological polar surface area (TPSA) is 85.5 Å². The number of benzene rings is 1. The lowest BCUT2D eigenvalue weighted by molar-refractivity contribution is -0.191. The van der Waals surface area contributed by atoms with Crippen molar-refractivity contribution in [3.8, 4) is 5.75 Å². The predicted molar refractivity (Wildman–Crippen MR) is 124 cm³/mol. The molecule has 0 aliphatic carbocycles. The quantitative estimate of drug-likeness (QED) is 0.241. The number of ether oxygens (including phenoxy) is 3. The van der Waals surface area contributed by atoms with E-state index in [0.29, 0.717) is 13.0 Å². The Labute approximate surface area is 206 Å². The summed E-state index contributed by atoms with van der Waals surface area (Å²) < 4.78 is 57.7. The highest BCUT2D eigenvalue weighted by molar-refractivity contribution is 9.10. The molecule has 13 heteroatoms. The summed E-state index contributed by atoms with van der Waals surface area (Å²) in [6.45, 7) is 1.51. The van der Waals surface area contributed by atoms with E-state index >= 15 is 0 Å². The average molecular weight is 575 g/mol. The number of nitrogens with one attached hydrogen (secondary N) is 2. The number of aromatic amines is 1. The fraction of sp³-hybridized carbons (Fsp3) is 0.600. The number of H-pyrrole nitrogens is 1. The van der Waals surface area contributed by atoms with E-state index in [0.717, 1.165) is 24.6 Å². The van der Waals surface area contributed by atoms with Crippen LogP contribution >= 0.6 is 39.3 Å². The number of hydrogen-bond acceptors (Lipinski definition) is 7. The second kappa shape index (κ2) is 12.1. The monoisotopic (exact) mass is 573 g/mol. The first-order valence-electron chi connectivity index (χ1n) is 10.3. The van der Waals surface area contributed by atoms with Gasteiger partial charge in [-0.05, 0) is 48.4 Å². The van der Waals surface area contributed by atoms with E-state index in [9.17, 15) is 18.0 Å². The summed E-state index contributed by atoms with van der Waals surface area (Å²) in [5.74, 6) is -0.909. The van der Waals surface area contributed by atoms with Gasteiger partial charge < -0.3 is 24.5 Å². The Kier molecular flexibility index (Phi) is 9.72. The molecule has 2 heterocycles. The highest BCUT2D eigenvalue weighted by Crippen LogP contribution is 2.40. The van der Waals surface area contributed by atoms with Gasteiger partial charge in [0.05, 0.1) is 23.2 Å². The summed E-state index contributed by atoms with van der Waals surface area (Å²) >= 11 is 10.5. The van der Waals surface area contributed by atoms with Gasteiger partial charge in [0.2, 0.25) is 0 Å². The van der Waals surface area contributed by atoms with Gasteiger partial charge in [-0.15, -0.1) is 0 Å². The maximum atomic E-state index is 14.8. The van der Waals surface area contributed by atoms with Crippen molar-refractivity contribution in [1.29, 1.82) is 0 Å². The number of aromatic nitrogens is 2. The fourth-order valence-corrected chi connectivity index (χ4v) is 4.37. The molecule has 1 aliphatic heterocycles. The minimum Gasteiger partial charge on any atom is -0.489 e. The molecule has 2 N–H and O–H groups in total. The first kappa shape index (κ1) is 26.6. The van der Waals surface area contributed by atoms with Crippen LogP contribution in [0.3, 0.4) is 0 Å². The Hall–Kier alpha value is -1.05. The summed E-state index contributed by atoms with van der Waals surface area (Å²) in [5, 5.41) is 2.60. The van der Waals surface area contributed by atoms with Crippen molar-refractivity contribution >= 4 is 50.2 Å². The third-order valence-corrected chi connectivity index (χ3v) is 7.04. The molecule has 184 valence electrons. The molecular formula is C20H24BrClF3N3O4S. The van der Waals surface area contributed by atoms with Crippen LogP contribution < -0.4 is 15.6 Å². The highest BCUT2D eigenvalue weighted by Gasteiger charge is 2.27. The molecule has 2 aromatic rings. The van der Waals surface area contributed by atoms with Gasteiger partial charge in [-0.1, -0.05) is 23.4 Å². The maximum absolute atomic E-state index is 14.8. The van der Waals surface area contributed by atoms with Gasteiger partial charge in [-0.2, -0.15) is 0 Å². The number of hydrogen-bond donors (Lipinski definition) is 2. The van der Waals surface area contributed by atoms with Crippen LogP contribution in [-0.4, -0.2) is 60.8 Å². The lowest BCUT2D eigenvalue weighted by Gasteiger charge is -2.31. The number of nitrogens with zero attached hydrogens (tertiary/aromatic N) is 1. The molecule has 1 aromatic heterocycles. The second-order valence-corrected chi connectivity index (χ2v) is 9.39. The van der Waals surface area contributed by atoms with Crippen LogP contribution in [0.2, 0.25) is 5.02 Å². The maximum Gasteiger partial charge on any atom is 0.263 e. The van der Waals surface area contributed by atoms with Gasteiger partial charge in [0.25, 0.3) is 12.0 Å². The largest absolute Gasteiger partial charge is 0.489 e. The number of thioether (sulfide) groups is 1. The lowest BCUT2D eigenvalue weighted by Crippen LogP contribution is -2.47. The minimum absolute atomic E-state index is 0.105. The Balaban J connectivity index is 1.88. The number of halogens is 5. The van der Waals surface area contributed by atoms with Gasteiger partial charge in [0, 0.05) is 6.61 Å². The molecule has 3 atom stereocenters. The van der Waals surface area contributed by atoms with Crippen molar-refractivity contribution in [2.75, 3.05) is 26.0 Å². The molecule has 0 spiro atoms. The lowest BCUT2D eigenvalue weighted by atomic mass is 10.1. The third kappa shape index (κ3) is 6.55. The second-order valence-electron chi connectivity index (χ2n) is 7.42. The summed E-state index contributed by atoms with van der Waals surface area (Å²) in [7, 11) is 0. The molecule has 1 fully saturated rings. The van der Waals surface area contributed by atoms with Crippen LogP contribution in [0.25, 0.3) is 10.9 Å². The van der Waals surface area contributed by atoms with Crippen molar-refractivity contribution < 1.29 is 27.4 Å². The molecule has 0 amide bonds. The number of fused-ring (bicyclic) bond motifs is 1. The summed E-state index contributed by atoms with van der Waals surface area (Å²) in [6.07, 6.45) is 0.671. The van der Waals surface area contributed by atoms with Gasteiger partial charge in [0.1, 0.15) is 22.5 Å². The first-order valence-corrected chi connectivity index (χ1v) is 12.7. The van der Waals surface area contributed by atoms with Crippen LogP contribution in [0.4, 0.5) is 13.2 Å². The zero-order valence-electron chi connectivity index (χ0n) is 17.9. The van der Waals surface area contributed by atoms with Crippen LogP contribution in [0.1, 0.15) is 26.2 Å². The molecule has 1 saturated heterocycles. The van der Waals surface area contributed by atoms with Crippen molar-refractivity contribution in [2.24, 2.45) is 0 Å². The van der Waals surface area contributed by atoms with Gasteiger partial charge in [0.15, 0.2) is 23.0 Å². The SMILES string of the molecule is CSc1nc2c(F)c(Br)c(Cl)c(OCC(NCC(F)F)C(C)OC3CCCCO3)c2c(=O)[nH]1. The van der Waals surface area contributed by atoms with E-state index in [4.69, 9.17) is 25.8 Å². The molecule has 1 aliphatic rings. The van der Waals surface area contributed by atoms with E-state index in [1.807, 2.05) is 0 Å². The normalized spacial score (nSPS) is 18.6. The Morgan fingerprint density at radius 1 is 1.42 bits per heavy atom. The molecule has 3 unspecified atom stereocenters. The smallest absolute Gasteiger partial charge is 0.263 e. The molecule has 0 bridgehead atoms. The van der Waals surface area contributed by atoms with Gasteiger partial charge >= 0.3 is 0 Å². The molecule has 3 rings (SSSR count). The van der Waals surface area contributed by atoms with E-state index in [1.54, 1.807) is 13.2 Å². The molecule has 7 nitrogen and oxygen atoms in total. The van der Waals surface area contributed by atoms with E-state index in [1.165, 1.54) is 0 Å². The van der Waals surface area contributed by atoms with Crippen LogP contribution in [-0.2, 0) is 9.47 Å². The van der Waals surface area contributed by atoms with Crippen molar-refractivity contribution in [3.05, 3.63) is 25.7 Å². The van der Waals surface area contributed by atoms with Crippen LogP contribution in [0.15, 0.2) is 14.4 Å². The van der Waals surface area contributed by atoms with Crippen molar-refractivity contribution in [3.63, 3.8) is 0 Å².